The SMILES string of the molecule is C=C1CCN(CC2(COc3nc4c5c(nc(-c6cccc7ccc(F)c(C#C[Si](C(C)C)(C(C)C)C(C)C)c67)c(F)c5n3)OC(C)C3C5CCC(CN43)N5C(=O)O)CC2)C1. The van der Waals surface area contributed by atoms with Crippen molar-refractivity contribution in [3.63, 3.8) is 0 Å². The van der Waals surface area contributed by atoms with E-state index in [4.69, 9.17) is 24.4 Å². The zero-order valence-corrected chi connectivity index (χ0v) is 36.8. The van der Waals surface area contributed by atoms with Gasteiger partial charge in [-0.2, -0.15) is 9.97 Å². The van der Waals surface area contributed by atoms with Crippen molar-refractivity contribution in [1.82, 2.24) is 24.8 Å². The van der Waals surface area contributed by atoms with Crippen LogP contribution >= 0.6 is 0 Å². The van der Waals surface area contributed by atoms with E-state index in [1.54, 1.807) is 17.0 Å². The second-order valence-electron chi connectivity index (χ2n) is 19.1. The molecule has 4 aliphatic heterocycles. The Morgan fingerprint density at radius 2 is 1.80 bits per heavy atom. The number of benzene rings is 2. The van der Waals surface area contributed by atoms with E-state index in [0.29, 0.717) is 70.2 Å². The molecule has 6 heterocycles. The van der Waals surface area contributed by atoms with Gasteiger partial charge in [0.25, 0.3) is 0 Å². The molecule has 0 spiro atoms. The highest BCUT2D eigenvalue weighted by Crippen LogP contribution is 2.49. The molecule has 1 N–H and O–H groups in total. The average Bonchev–Trinajstić information content (AvgIpc) is 3.76. The van der Waals surface area contributed by atoms with Gasteiger partial charge in [0.2, 0.25) is 5.88 Å². The van der Waals surface area contributed by atoms with Crippen LogP contribution in [0.4, 0.5) is 19.4 Å². The molecule has 9 rings (SSSR count). The monoisotopic (exact) mass is 834 g/mol. The number of pyridine rings is 1. The maximum absolute atomic E-state index is 17.8. The highest BCUT2D eigenvalue weighted by Gasteiger charge is 2.53. The largest absolute Gasteiger partial charge is 0.472 e. The summed E-state index contributed by atoms with van der Waals surface area (Å²) in [5.41, 5.74) is 6.40. The summed E-state index contributed by atoms with van der Waals surface area (Å²) < 4.78 is 47.2. The molecule has 4 atom stereocenters. The number of piperazine rings is 1. The molecule has 13 heteroatoms. The zero-order valence-electron chi connectivity index (χ0n) is 35.8. The molecule has 4 aromatic rings. The molecule has 1 aliphatic carbocycles. The first-order chi connectivity index (χ1) is 28.6. The van der Waals surface area contributed by atoms with Crippen molar-refractivity contribution in [3.8, 4) is 34.6 Å². The van der Waals surface area contributed by atoms with Gasteiger partial charge in [0.15, 0.2) is 5.82 Å². The van der Waals surface area contributed by atoms with Crippen LogP contribution in [0.25, 0.3) is 32.9 Å². The summed E-state index contributed by atoms with van der Waals surface area (Å²) in [7, 11) is -2.28. The number of hydrogen-bond donors (Lipinski definition) is 1. The van der Waals surface area contributed by atoms with E-state index in [1.807, 2.05) is 19.1 Å². The van der Waals surface area contributed by atoms with Crippen LogP contribution < -0.4 is 14.4 Å². The van der Waals surface area contributed by atoms with Gasteiger partial charge in [0, 0.05) is 42.5 Å². The van der Waals surface area contributed by atoms with Crippen LogP contribution in [0.3, 0.4) is 0 Å². The summed E-state index contributed by atoms with van der Waals surface area (Å²) in [5.74, 6) is 2.74. The molecular formula is C47H56F2N6O4Si. The van der Waals surface area contributed by atoms with Gasteiger partial charge < -0.3 is 19.5 Å². The van der Waals surface area contributed by atoms with Crippen LogP contribution in [-0.4, -0.2) is 101 Å². The minimum absolute atomic E-state index is 0.0107. The Morgan fingerprint density at radius 3 is 2.47 bits per heavy atom. The zero-order chi connectivity index (χ0) is 42.4. The molecule has 3 saturated heterocycles. The van der Waals surface area contributed by atoms with E-state index in [1.165, 1.54) is 11.6 Å². The number of aromatic nitrogens is 3. The summed E-state index contributed by atoms with van der Waals surface area (Å²) in [6.07, 6.45) is 2.87. The maximum Gasteiger partial charge on any atom is 0.407 e. The van der Waals surface area contributed by atoms with Crippen molar-refractivity contribution in [2.75, 3.05) is 37.7 Å². The molecule has 10 nitrogen and oxygen atoms in total. The second kappa shape index (κ2) is 15.0. The van der Waals surface area contributed by atoms with Crippen LogP contribution in [0.15, 0.2) is 42.5 Å². The van der Waals surface area contributed by atoms with Gasteiger partial charge in [-0.3, -0.25) is 9.80 Å². The van der Waals surface area contributed by atoms with E-state index >= 15 is 8.78 Å². The Bertz CT molecular complexity index is 2460. The number of carbonyl (C=O) groups is 1. The summed E-state index contributed by atoms with van der Waals surface area (Å²) in [6.45, 7) is 22.9. The van der Waals surface area contributed by atoms with Crippen LogP contribution in [0.5, 0.6) is 11.9 Å². The molecule has 1 saturated carbocycles. The summed E-state index contributed by atoms with van der Waals surface area (Å²) in [6, 6.07) is 7.58. The number of anilines is 1. The number of carboxylic acid groups (broad SMARTS) is 1. The standard InChI is InChI=1S/C47H56F2N6O4Si/c1-26(2)60(27(3)4,28(5)6)21-17-33-35(48)14-12-31-10-9-11-34(37(31)33)40-39(49)41-38-43(52-45(51-41)58-25-47(18-19-47)24-53-20-16-29(7)22-53)54-23-32-13-15-36(55(32)46(56)57)42(54)30(8)59-44(38)50-40/h9-12,14,26-28,30,32,36,42H,7,13,15-16,18-20,22-25H2,1-6,8H3,(H,56,57). The molecule has 1 amide bonds. The highest BCUT2D eigenvalue weighted by atomic mass is 28.3. The molecule has 0 radical (unpaired) electrons. The molecular weight excluding hydrogens is 779 g/mol. The fourth-order valence-electron chi connectivity index (χ4n) is 11.4. The van der Waals surface area contributed by atoms with Gasteiger partial charge in [-0.25, -0.2) is 18.6 Å². The molecule has 316 valence electrons. The number of likely N-dealkylation sites (tertiary alicyclic amines) is 1. The number of hydrogen-bond acceptors (Lipinski definition) is 8. The van der Waals surface area contributed by atoms with Gasteiger partial charge in [0.1, 0.15) is 42.4 Å². The Balaban J connectivity index is 1.22. The number of halogens is 2. The lowest BCUT2D eigenvalue weighted by molar-refractivity contribution is 0.0706. The van der Waals surface area contributed by atoms with Crippen LogP contribution in [0, 0.1) is 28.5 Å². The Kier molecular flexibility index (Phi) is 10.1. The molecule has 60 heavy (non-hydrogen) atoms. The molecule has 4 fully saturated rings. The smallest absolute Gasteiger partial charge is 0.407 e. The lowest BCUT2D eigenvalue weighted by Crippen LogP contribution is -2.64. The number of ether oxygens (including phenoxy) is 2. The third-order valence-corrected chi connectivity index (χ3v) is 20.8. The van der Waals surface area contributed by atoms with E-state index in [9.17, 15) is 9.90 Å². The molecule has 2 aromatic heterocycles. The second-order valence-corrected chi connectivity index (χ2v) is 24.6. The van der Waals surface area contributed by atoms with Crippen molar-refractivity contribution in [1.29, 1.82) is 0 Å². The lowest BCUT2D eigenvalue weighted by Gasteiger charge is -2.47. The van der Waals surface area contributed by atoms with Crippen molar-refractivity contribution in [2.45, 2.75) is 121 Å². The third-order valence-electron chi connectivity index (χ3n) is 14.5. The molecule has 5 aliphatic rings. The van der Waals surface area contributed by atoms with Gasteiger partial charge >= 0.3 is 12.1 Å². The average molecular weight is 835 g/mol. The minimum Gasteiger partial charge on any atom is -0.472 e. The first-order valence-electron chi connectivity index (χ1n) is 21.7. The predicted molar refractivity (Wildman–Crippen MR) is 233 cm³/mol. The fraction of sp³-hybridized carbons (Fsp3) is 0.532. The Labute approximate surface area is 352 Å². The van der Waals surface area contributed by atoms with Crippen LogP contribution in [-0.2, 0) is 0 Å². The fourth-order valence-corrected chi connectivity index (χ4v) is 16.6. The maximum atomic E-state index is 17.8. The molecule has 2 bridgehead atoms. The number of fused-ring (bicyclic) bond motifs is 6. The third kappa shape index (κ3) is 6.60. The first-order valence-corrected chi connectivity index (χ1v) is 24.0. The number of rotatable bonds is 9. The van der Waals surface area contributed by atoms with Crippen molar-refractivity contribution >= 4 is 41.7 Å². The molecule has 4 unspecified atom stereocenters. The summed E-state index contributed by atoms with van der Waals surface area (Å²) in [4.78, 5) is 33.4. The van der Waals surface area contributed by atoms with Crippen molar-refractivity contribution in [2.24, 2.45) is 5.41 Å². The van der Waals surface area contributed by atoms with Gasteiger partial charge in [-0.05, 0) is 67.1 Å². The van der Waals surface area contributed by atoms with Gasteiger partial charge in [-0.1, -0.05) is 83.9 Å². The topological polar surface area (TPSA) is 104 Å². The number of nitrogens with zero attached hydrogens (tertiary/aromatic N) is 6. The summed E-state index contributed by atoms with van der Waals surface area (Å²) >= 11 is 0. The number of amides is 1. The van der Waals surface area contributed by atoms with Crippen LogP contribution in [0.1, 0.15) is 86.1 Å². The van der Waals surface area contributed by atoms with E-state index in [0.717, 1.165) is 38.9 Å². The lowest BCUT2D eigenvalue weighted by atomic mass is 9.96. The normalized spacial score (nSPS) is 23.3. The minimum atomic E-state index is -2.28. The van der Waals surface area contributed by atoms with Crippen LogP contribution in [0.2, 0.25) is 16.6 Å². The first kappa shape index (κ1) is 40.6. The van der Waals surface area contributed by atoms with E-state index in [2.05, 4.69) is 69.4 Å². The predicted octanol–water partition coefficient (Wildman–Crippen LogP) is 9.59. The quantitative estimate of drug-likeness (QED) is 0.100. The Hall–Kier alpha value is -4.80. The molecule has 2 aromatic carbocycles. The summed E-state index contributed by atoms with van der Waals surface area (Å²) in [5, 5.41) is 11.8. The Morgan fingerprint density at radius 1 is 1.05 bits per heavy atom. The highest BCUT2D eigenvalue weighted by molar-refractivity contribution is 6.90. The van der Waals surface area contributed by atoms with Crippen molar-refractivity contribution in [3.05, 3.63) is 59.7 Å². The van der Waals surface area contributed by atoms with Crippen molar-refractivity contribution < 1.29 is 28.2 Å². The van der Waals surface area contributed by atoms with Gasteiger partial charge in [0.05, 0.1) is 30.3 Å². The van der Waals surface area contributed by atoms with E-state index in [-0.39, 0.29) is 46.2 Å². The van der Waals surface area contributed by atoms with E-state index < -0.39 is 37.9 Å². The van der Waals surface area contributed by atoms with Gasteiger partial charge in [-0.15, -0.1) is 5.54 Å².